The standard InChI is InChI=1S/C19H24O3/c1-12(11-19(3,4)5)10-16-18-17(13(2)20-16)21-14-8-6-7-9-15(14)22-18/h6-9,12H,10-11H2,1-5H3. The Morgan fingerprint density at radius 2 is 1.59 bits per heavy atom. The third-order valence-electron chi connectivity index (χ3n) is 3.82. The van der Waals surface area contributed by atoms with Gasteiger partial charge >= 0.3 is 0 Å². The molecule has 0 amide bonds. The molecule has 0 bridgehead atoms. The molecule has 3 nitrogen and oxygen atoms in total. The second-order valence-corrected chi connectivity index (χ2v) is 7.46. The Hall–Kier alpha value is -1.90. The van der Waals surface area contributed by atoms with Gasteiger partial charge in [-0.3, -0.25) is 0 Å². The first-order valence-electron chi connectivity index (χ1n) is 7.90. The van der Waals surface area contributed by atoms with Crippen LogP contribution >= 0.6 is 0 Å². The minimum Gasteiger partial charge on any atom is -0.458 e. The summed E-state index contributed by atoms with van der Waals surface area (Å²) in [6.07, 6.45) is 2.00. The Morgan fingerprint density at radius 3 is 2.18 bits per heavy atom. The van der Waals surface area contributed by atoms with Crippen LogP contribution in [0.25, 0.3) is 0 Å². The number of fused-ring (bicyclic) bond motifs is 2. The van der Waals surface area contributed by atoms with Crippen LogP contribution in [0, 0.1) is 18.3 Å². The summed E-state index contributed by atoms with van der Waals surface area (Å²) in [5.74, 6) is 5.15. The number of benzene rings is 1. The zero-order valence-corrected chi connectivity index (χ0v) is 14.0. The molecule has 0 spiro atoms. The van der Waals surface area contributed by atoms with Gasteiger partial charge in [-0.05, 0) is 36.8 Å². The van der Waals surface area contributed by atoms with Gasteiger partial charge in [-0.2, -0.15) is 0 Å². The van der Waals surface area contributed by atoms with Crippen molar-refractivity contribution >= 4 is 0 Å². The second kappa shape index (κ2) is 5.38. The van der Waals surface area contributed by atoms with Gasteiger partial charge in [-0.1, -0.05) is 39.8 Å². The van der Waals surface area contributed by atoms with Crippen LogP contribution in [-0.4, -0.2) is 0 Å². The number of hydrogen-bond donors (Lipinski definition) is 0. The molecule has 0 radical (unpaired) electrons. The number of rotatable bonds is 3. The Kier molecular flexibility index (Phi) is 3.67. The molecule has 2 heterocycles. The van der Waals surface area contributed by atoms with Crippen LogP contribution in [0.2, 0.25) is 0 Å². The molecule has 22 heavy (non-hydrogen) atoms. The van der Waals surface area contributed by atoms with Gasteiger partial charge in [0.1, 0.15) is 5.76 Å². The third kappa shape index (κ3) is 2.99. The fourth-order valence-electron chi connectivity index (χ4n) is 3.19. The fourth-order valence-corrected chi connectivity index (χ4v) is 3.19. The first kappa shape index (κ1) is 15.0. The van der Waals surface area contributed by atoms with Crippen molar-refractivity contribution in [3.63, 3.8) is 0 Å². The molecular weight excluding hydrogens is 276 g/mol. The number of furan rings is 1. The van der Waals surface area contributed by atoms with Crippen molar-refractivity contribution in [1.29, 1.82) is 0 Å². The van der Waals surface area contributed by atoms with Crippen LogP contribution < -0.4 is 9.47 Å². The highest BCUT2D eigenvalue weighted by atomic mass is 16.6. The SMILES string of the molecule is Cc1oc(CC(C)CC(C)(C)C)c2c1Oc1ccccc1O2. The molecule has 1 aromatic heterocycles. The molecule has 3 heteroatoms. The molecule has 1 atom stereocenters. The maximum Gasteiger partial charge on any atom is 0.211 e. The summed E-state index contributed by atoms with van der Waals surface area (Å²) < 4.78 is 17.9. The lowest BCUT2D eigenvalue weighted by molar-refractivity contribution is 0.291. The summed E-state index contributed by atoms with van der Waals surface area (Å²) in [4.78, 5) is 0. The highest BCUT2D eigenvalue weighted by Gasteiger charge is 2.29. The number of ether oxygens (including phenoxy) is 2. The van der Waals surface area contributed by atoms with Crippen molar-refractivity contribution in [3.05, 3.63) is 35.8 Å². The van der Waals surface area contributed by atoms with Crippen LogP contribution in [0.15, 0.2) is 28.7 Å². The molecule has 0 N–H and O–H groups in total. The second-order valence-electron chi connectivity index (χ2n) is 7.46. The van der Waals surface area contributed by atoms with E-state index < -0.39 is 0 Å². The largest absolute Gasteiger partial charge is 0.458 e. The smallest absolute Gasteiger partial charge is 0.211 e. The van der Waals surface area contributed by atoms with Crippen LogP contribution in [-0.2, 0) is 6.42 Å². The van der Waals surface area contributed by atoms with Crippen LogP contribution in [0.3, 0.4) is 0 Å². The van der Waals surface area contributed by atoms with Gasteiger partial charge in [0.2, 0.25) is 11.5 Å². The first-order valence-corrected chi connectivity index (χ1v) is 7.90. The van der Waals surface area contributed by atoms with Crippen molar-refractivity contribution in [3.8, 4) is 23.0 Å². The molecule has 1 aliphatic rings. The van der Waals surface area contributed by atoms with E-state index in [-0.39, 0.29) is 0 Å². The topological polar surface area (TPSA) is 31.6 Å². The number of hydrogen-bond acceptors (Lipinski definition) is 3. The molecular formula is C19H24O3. The Balaban J connectivity index is 1.85. The Labute approximate surface area is 132 Å². The quantitative estimate of drug-likeness (QED) is 0.585. The average molecular weight is 300 g/mol. The highest BCUT2D eigenvalue weighted by Crippen LogP contribution is 2.50. The van der Waals surface area contributed by atoms with Crippen molar-refractivity contribution in [2.24, 2.45) is 11.3 Å². The summed E-state index contributed by atoms with van der Waals surface area (Å²) in [5, 5.41) is 0. The summed E-state index contributed by atoms with van der Waals surface area (Å²) in [5.41, 5.74) is 0.311. The maximum absolute atomic E-state index is 6.04. The predicted molar refractivity (Wildman–Crippen MR) is 87.0 cm³/mol. The molecule has 1 aliphatic heterocycles. The molecule has 0 saturated heterocycles. The minimum absolute atomic E-state index is 0.311. The van der Waals surface area contributed by atoms with E-state index in [1.165, 1.54) is 0 Å². The lowest BCUT2D eigenvalue weighted by atomic mass is 9.84. The van der Waals surface area contributed by atoms with Crippen LogP contribution in [0.4, 0.5) is 0 Å². The molecule has 118 valence electrons. The molecule has 0 saturated carbocycles. The molecule has 1 unspecified atom stereocenters. The van der Waals surface area contributed by atoms with Gasteiger partial charge in [0.05, 0.1) is 0 Å². The van der Waals surface area contributed by atoms with Crippen molar-refractivity contribution in [2.45, 2.75) is 47.5 Å². The van der Waals surface area contributed by atoms with E-state index in [1.807, 2.05) is 31.2 Å². The minimum atomic E-state index is 0.311. The Morgan fingerprint density at radius 1 is 1.00 bits per heavy atom. The Bertz CT molecular complexity index is 676. The van der Waals surface area contributed by atoms with E-state index in [9.17, 15) is 0 Å². The van der Waals surface area contributed by atoms with Gasteiger partial charge in [0, 0.05) is 6.42 Å². The zero-order valence-electron chi connectivity index (χ0n) is 14.0. The monoisotopic (exact) mass is 300 g/mol. The molecule has 3 rings (SSSR count). The van der Waals surface area contributed by atoms with Gasteiger partial charge in [-0.15, -0.1) is 0 Å². The lowest BCUT2D eigenvalue weighted by Crippen LogP contribution is -2.13. The summed E-state index contributed by atoms with van der Waals surface area (Å²) in [7, 11) is 0. The van der Waals surface area contributed by atoms with Crippen molar-refractivity contribution < 1.29 is 13.9 Å². The highest BCUT2D eigenvalue weighted by molar-refractivity contribution is 5.57. The summed E-state index contributed by atoms with van der Waals surface area (Å²) in [6.45, 7) is 11.0. The summed E-state index contributed by atoms with van der Waals surface area (Å²) >= 11 is 0. The maximum atomic E-state index is 6.04. The van der Waals surface area contributed by atoms with E-state index in [1.54, 1.807) is 0 Å². The van der Waals surface area contributed by atoms with Crippen molar-refractivity contribution in [1.82, 2.24) is 0 Å². The number of para-hydroxylation sites is 2. The van der Waals surface area contributed by atoms with Gasteiger partial charge in [0.15, 0.2) is 17.3 Å². The fraction of sp³-hybridized carbons (Fsp3) is 0.474. The van der Waals surface area contributed by atoms with E-state index in [4.69, 9.17) is 13.9 Å². The molecule has 0 aliphatic carbocycles. The van der Waals surface area contributed by atoms with Gasteiger partial charge < -0.3 is 13.9 Å². The van der Waals surface area contributed by atoms with Crippen molar-refractivity contribution in [2.75, 3.05) is 0 Å². The normalized spacial score (nSPS) is 14.6. The lowest BCUT2D eigenvalue weighted by Gasteiger charge is -2.23. The zero-order chi connectivity index (χ0) is 15.9. The average Bonchev–Trinajstić information content (AvgIpc) is 2.70. The van der Waals surface area contributed by atoms with E-state index in [2.05, 4.69) is 27.7 Å². The van der Waals surface area contributed by atoms with Crippen LogP contribution in [0.5, 0.6) is 23.0 Å². The van der Waals surface area contributed by atoms with Gasteiger partial charge in [0.25, 0.3) is 0 Å². The number of aryl methyl sites for hydroxylation is 1. The van der Waals surface area contributed by atoms with E-state index in [0.717, 1.165) is 47.4 Å². The molecule has 2 aromatic rings. The third-order valence-corrected chi connectivity index (χ3v) is 3.82. The first-order chi connectivity index (χ1) is 10.3. The predicted octanol–water partition coefficient (Wildman–Crippen LogP) is 6.10. The van der Waals surface area contributed by atoms with Gasteiger partial charge in [-0.25, -0.2) is 0 Å². The molecule has 1 aromatic carbocycles. The molecule has 0 fully saturated rings. The van der Waals surface area contributed by atoms with E-state index >= 15 is 0 Å². The van der Waals surface area contributed by atoms with Crippen LogP contribution in [0.1, 0.15) is 45.6 Å². The summed E-state index contributed by atoms with van der Waals surface area (Å²) in [6, 6.07) is 7.71. The van der Waals surface area contributed by atoms with E-state index in [0.29, 0.717) is 11.3 Å².